The highest BCUT2D eigenvalue weighted by molar-refractivity contribution is 5.99. The van der Waals surface area contributed by atoms with Gasteiger partial charge >= 0.3 is 0 Å². The highest BCUT2D eigenvalue weighted by Gasteiger charge is 2.22. The van der Waals surface area contributed by atoms with E-state index in [0.717, 1.165) is 25.1 Å². The number of hydrogen-bond donors (Lipinski definition) is 3. The van der Waals surface area contributed by atoms with Crippen LogP contribution in [0.4, 0.5) is 5.69 Å². The van der Waals surface area contributed by atoms with Crippen LogP contribution < -0.4 is 16.0 Å². The largest absolute Gasteiger partial charge is 0.350 e. The van der Waals surface area contributed by atoms with E-state index < -0.39 is 0 Å². The summed E-state index contributed by atoms with van der Waals surface area (Å²) >= 11 is 0. The van der Waals surface area contributed by atoms with Crippen LogP contribution in [0.25, 0.3) is 0 Å². The first-order valence-corrected chi connectivity index (χ1v) is 7.40. The number of amides is 2. The molecule has 0 spiro atoms. The normalized spacial score (nSPS) is 17.0. The predicted molar refractivity (Wildman–Crippen MR) is 90.6 cm³/mol. The minimum Gasteiger partial charge on any atom is -0.350 e. The zero-order chi connectivity index (χ0) is 15.4. The second-order valence-corrected chi connectivity index (χ2v) is 5.84. The molecule has 1 aromatic carbocycles. The monoisotopic (exact) mass is 325 g/mol. The van der Waals surface area contributed by atoms with Gasteiger partial charge in [-0.3, -0.25) is 9.59 Å². The third-order valence-electron chi connectivity index (χ3n) is 3.60. The molecule has 1 atom stereocenters. The molecule has 0 saturated carbocycles. The molecule has 1 unspecified atom stereocenters. The van der Waals surface area contributed by atoms with Crippen LogP contribution in [0.1, 0.15) is 36.2 Å². The molecular formula is C16H24ClN3O2. The van der Waals surface area contributed by atoms with E-state index in [4.69, 9.17) is 0 Å². The fourth-order valence-electron chi connectivity index (χ4n) is 2.41. The highest BCUT2D eigenvalue weighted by atomic mass is 35.5. The number of hydrogen-bond acceptors (Lipinski definition) is 3. The van der Waals surface area contributed by atoms with Crippen LogP contribution in [0.15, 0.2) is 18.2 Å². The quantitative estimate of drug-likeness (QED) is 0.794. The Balaban J connectivity index is 0.00000242. The number of halogens is 1. The Kier molecular flexibility index (Phi) is 6.84. The molecule has 1 heterocycles. The molecule has 122 valence electrons. The standard InChI is InChI=1S/C16H23N3O2.ClH/c1-10(2)18-16(21)14-8-13(5-4-11(14)3)19-15(20)12-6-7-17-9-12;/h4-5,8,10,12,17H,6-7,9H2,1-3H3,(H,18,21)(H,19,20);1H. The Morgan fingerprint density at radius 2 is 2.05 bits per heavy atom. The number of carbonyl (C=O) groups excluding carboxylic acids is 2. The first-order valence-electron chi connectivity index (χ1n) is 7.40. The second-order valence-electron chi connectivity index (χ2n) is 5.84. The van der Waals surface area contributed by atoms with Gasteiger partial charge in [0.25, 0.3) is 5.91 Å². The first-order chi connectivity index (χ1) is 9.97. The maximum atomic E-state index is 12.1. The number of aryl methyl sites for hydroxylation is 1. The van der Waals surface area contributed by atoms with Crippen molar-refractivity contribution in [3.05, 3.63) is 29.3 Å². The Morgan fingerprint density at radius 1 is 1.32 bits per heavy atom. The number of benzene rings is 1. The number of anilines is 1. The Bertz CT molecular complexity index is 540. The Morgan fingerprint density at radius 3 is 2.64 bits per heavy atom. The predicted octanol–water partition coefficient (Wildman–Crippen LogP) is 2.10. The maximum absolute atomic E-state index is 12.1. The van der Waals surface area contributed by atoms with Crippen LogP contribution in [0.2, 0.25) is 0 Å². The number of rotatable bonds is 4. The van der Waals surface area contributed by atoms with Crippen molar-refractivity contribution < 1.29 is 9.59 Å². The van der Waals surface area contributed by atoms with Crippen molar-refractivity contribution in [1.29, 1.82) is 0 Å². The molecule has 2 amide bonds. The molecule has 3 N–H and O–H groups in total. The minimum absolute atomic E-state index is 0. The van der Waals surface area contributed by atoms with Gasteiger partial charge < -0.3 is 16.0 Å². The van der Waals surface area contributed by atoms with E-state index >= 15 is 0 Å². The van der Waals surface area contributed by atoms with Crippen LogP contribution in [-0.4, -0.2) is 30.9 Å². The van der Waals surface area contributed by atoms with E-state index in [1.165, 1.54) is 0 Å². The van der Waals surface area contributed by atoms with Crippen molar-refractivity contribution in [1.82, 2.24) is 10.6 Å². The fraction of sp³-hybridized carbons (Fsp3) is 0.500. The lowest BCUT2D eigenvalue weighted by Gasteiger charge is -2.14. The summed E-state index contributed by atoms with van der Waals surface area (Å²) in [6.45, 7) is 7.34. The molecule has 0 aliphatic carbocycles. The third-order valence-corrected chi connectivity index (χ3v) is 3.60. The molecule has 0 radical (unpaired) electrons. The van der Waals surface area contributed by atoms with Gasteiger partial charge in [-0.05, 0) is 51.4 Å². The van der Waals surface area contributed by atoms with E-state index in [2.05, 4.69) is 16.0 Å². The fourth-order valence-corrected chi connectivity index (χ4v) is 2.41. The zero-order valence-corrected chi connectivity index (χ0v) is 14.0. The summed E-state index contributed by atoms with van der Waals surface area (Å²) in [6, 6.07) is 5.52. The zero-order valence-electron chi connectivity index (χ0n) is 13.2. The summed E-state index contributed by atoms with van der Waals surface area (Å²) in [5.74, 6) is -0.0838. The van der Waals surface area contributed by atoms with Gasteiger partial charge in [-0.25, -0.2) is 0 Å². The molecule has 22 heavy (non-hydrogen) atoms. The van der Waals surface area contributed by atoms with Crippen molar-refractivity contribution in [3.63, 3.8) is 0 Å². The Labute approximate surface area is 137 Å². The van der Waals surface area contributed by atoms with E-state index in [0.29, 0.717) is 11.3 Å². The summed E-state index contributed by atoms with van der Waals surface area (Å²) in [5.41, 5.74) is 2.17. The molecule has 1 aliphatic heterocycles. The highest BCUT2D eigenvalue weighted by Crippen LogP contribution is 2.18. The molecule has 2 rings (SSSR count). The second kappa shape index (κ2) is 8.15. The molecule has 1 aromatic rings. The van der Waals surface area contributed by atoms with E-state index in [-0.39, 0.29) is 36.2 Å². The molecule has 5 nitrogen and oxygen atoms in total. The lowest BCUT2D eigenvalue weighted by molar-refractivity contribution is -0.119. The maximum Gasteiger partial charge on any atom is 0.251 e. The summed E-state index contributed by atoms with van der Waals surface area (Å²) in [5, 5.41) is 8.95. The topological polar surface area (TPSA) is 70.2 Å². The summed E-state index contributed by atoms with van der Waals surface area (Å²) in [7, 11) is 0. The van der Waals surface area contributed by atoms with Crippen LogP contribution in [0, 0.1) is 12.8 Å². The average molecular weight is 326 g/mol. The molecule has 1 saturated heterocycles. The van der Waals surface area contributed by atoms with Crippen molar-refractivity contribution >= 4 is 29.9 Å². The lowest BCUT2D eigenvalue weighted by Crippen LogP contribution is -2.31. The van der Waals surface area contributed by atoms with Gasteiger partial charge in [-0.15, -0.1) is 12.4 Å². The van der Waals surface area contributed by atoms with Gasteiger partial charge in [0.1, 0.15) is 0 Å². The first kappa shape index (κ1) is 18.5. The van der Waals surface area contributed by atoms with Crippen LogP contribution in [0.5, 0.6) is 0 Å². The van der Waals surface area contributed by atoms with Crippen LogP contribution in [-0.2, 0) is 4.79 Å². The minimum atomic E-state index is -0.110. The molecule has 1 aliphatic rings. The van der Waals surface area contributed by atoms with Gasteiger partial charge in [0.05, 0.1) is 5.92 Å². The molecule has 0 aromatic heterocycles. The third kappa shape index (κ3) is 4.71. The van der Waals surface area contributed by atoms with Gasteiger partial charge in [-0.2, -0.15) is 0 Å². The average Bonchev–Trinajstić information content (AvgIpc) is 2.94. The smallest absolute Gasteiger partial charge is 0.251 e. The summed E-state index contributed by atoms with van der Waals surface area (Å²) < 4.78 is 0. The molecular weight excluding hydrogens is 302 g/mol. The van der Waals surface area contributed by atoms with Crippen molar-refractivity contribution in [3.8, 4) is 0 Å². The van der Waals surface area contributed by atoms with Gasteiger partial charge in [0, 0.05) is 23.8 Å². The van der Waals surface area contributed by atoms with Gasteiger partial charge in [-0.1, -0.05) is 6.07 Å². The summed E-state index contributed by atoms with van der Waals surface area (Å²) in [4.78, 5) is 24.2. The van der Waals surface area contributed by atoms with E-state index in [9.17, 15) is 9.59 Å². The van der Waals surface area contributed by atoms with Crippen LogP contribution in [0.3, 0.4) is 0 Å². The van der Waals surface area contributed by atoms with Gasteiger partial charge in [0.15, 0.2) is 0 Å². The van der Waals surface area contributed by atoms with Crippen molar-refractivity contribution in [2.24, 2.45) is 5.92 Å². The van der Waals surface area contributed by atoms with E-state index in [1.807, 2.05) is 32.9 Å². The van der Waals surface area contributed by atoms with Crippen molar-refractivity contribution in [2.75, 3.05) is 18.4 Å². The SMILES string of the molecule is Cc1ccc(NC(=O)C2CCNC2)cc1C(=O)NC(C)C.Cl. The van der Waals surface area contributed by atoms with E-state index in [1.54, 1.807) is 6.07 Å². The van der Waals surface area contributed by atoms with Gasteiger partial charge in [0.2, 0.25) is 5.91 Å². The molecule has 0 bridgehead atoms. The van der Waals surface area contributed by atoms with Crippen molar-refractivity contribution in [2.45, 2.75) is 33.2 Å². The number of nitrogens with one attached hydrogen (secondary N) is 3. The molecule has 1 fully saturated rings. The van der Waals surface area contributed by atoms with Crippen LogP contribution >= 0.6 is 12.4 Å². The lowest BCUT2D eigenvalue weighted by atomic mass is 10.1. The summed E-state index contributed by atoms with van der Waals surface area (Å²) in [6.07, 6.45) is 0.860. The Hall–Kier alpha value is -1.59. The number of carbonyl (C=O) groups is 2. The molecule has 6 heteroatoms.